The zero-order valence-corrected chi connectivity index (χ0v) is 10.4. The van der Waals surface area contributed by atoms with Crippen molar-refractivity contribution in [1.82, 2.24) is 5.32 Å². The highest BCUT2D eigenvalue weighted by atomic mass is 35.5. The Hall–Kier alpha value is -1.73. The van der Waals surface area contributed by atoms with Crippen LogP contribution in [-0.4, -0.2) is 18.6 Å². The summed E-state index contributed by atoms with van der Waals surface area (Å²) in [7, 11) is 0. The third kappa shape index (κ3) is 3.97. The van der Waals surface area contributed by atoms with Crippen LogP contribution in [0.3, 0.4) is 0 Å². The lowest BCUT2D eigenvalue weighted by Gasteiger charge is -2.10. The summed E-state index contributed by atoms with van der Waals surface area (Å²) in [5, 5.41) is 11.9. The van der Waals surface area contributed by atoms with E-state index < -0.39 is 0 Å². The molecule has 0 spiro atoms. The lowest BCUT2D eigenvalue weighted by Crippen LogP contribution is -2.34. The van der Waals surface area contributed by atoms with Crippen LogP contribution in [0.4, 0.5) is 0 Å². The van der Waals surface area contributed by atoms with Gasteiger partial charge in [0.2, 0.25) is 0 Å². The maximum atomic E-state index is 11.4. The van der Waals surface area contributed by atoms with E-state index in [1.807, 2.05) is 19.9 Å². The van der Waals surface area contributed by atoms with E-state index in [-0.39, 0.29) is 24.1 Å². The van der Waals surface area contributed by atoms with E-state index >= 15 is 0 Å². The van der Waals surface area contributed by atoms with Gasteiger partial charge in [-0.25, -0.2) is 0 Å². The van der Waals surface area contributed by atoms with Crippen LogP contribution in [0.25, 0.3) is 0 Å². The molecule has 0 unspecified atom stereocenters. The van der Waals surface area contributed by atoms with Crippen molar-refractivity contribution in [1.29, 1.82) is 5.26 Å². The Kier molecular flexibility index (Phi) is 4.80. The van der Waals surface area contributed by atoms with Crippen molar-refractivity contribution in [2.45, 2.75) is 19.9 Å². The molecule has 4 nitrogen and oxygen atoms in total. The molecule has 0 saturated carbocycles. The summed E-state index contributed by atoms with van der Waals surface area (Å²) in [5.74, 6) is 0.0859. The first-order chi connectivity index (χ1) is 8.04. The molecular formula is C12H13ClN2O2. The fourth-order valence-electron chi connectivity index (χ4n) is 1.24. The number of benzene rings is 1. The molecule has 90 valence electrons. The van der Waals surface area contributed by atoms with Crippen LogP contribution in [-0.2, 0) is 4.79 Å². The normalized spacial score (nSPS) is 9.82. The molecule has 0 heterocycles. The molecule has 0 aliphatic heterocycles. The third-order valence-electron chi connectivity index (χ3n) is 1.90. The van der Waals surface area contributed by atoms with Gasteiger partial charge in [-0.15, -0.1) is 0 Å². The summed E-state index contributed by atoms with van der Waals surface area (Å²) in [6.07, 6.45) is 0. The second-order valence-electron chi connectivity index (χ2n) is 3.74. The monoisotopic (exact) mass is 252 g/mol. The molecule has 0 fully saturated rings. The molecule has 5 heteroatoms. The van der Waals surface area contributed by atoms with Gasteiger partial charge in [0.1, 0.15) is 17.4 Å². The van der Waals surface area contributed by atoms with Crippen LogP contribution in [0, 0.1) is 11.3 Å². The minimum atomic E-state index is -0.233. The lowest BCUT2D eigenvalue weighted by molar-refractivity contribution is -0.123. The molecule has 1 rings (SSSR count). The lowest BCUT2D eigenvalue weighted by atomic mass is 10.2. The average molecular weight is 253 g/mol. The van der Waals surface area contributed by atoms with Gasteiger partial charge in [0.15, 0.2) is 6.61 Å². The van der Waals surface area contributed by atoms with Gasteiger partial charge in [0, 0.05) is 6.04 Å². The average Bonchev–Trinajstić information content (AvgIpc) is 2.25. The molecule has 0 aliphatic rings. The zero-order valence-electron chi connectivity index (χ0n) is 9.66. The van der Waals surface area contributed by atoms with Gasteiger partial charge in [0.25, 0.3) is 5.91 Å². The van der Waals surface area contributed by atoms with E-state index in [0.717, 1.165) is 0 Å². The highest BCUT2D eigenvalue weighted by Crippen LogP contribution is 2.25. The molecule has 17 heavy (non-hydrogen) atoms. The Balaban J connectivity index is 2.67. The molecule has 0 aliphatic carbocycles. The molecule has 1 aromatic carbocycles. The van der Waals surface area contributed by atoms with Gasteiger partial charge < -0.3 is 10.1 Å². The van der Waals surface area contributed by atoms with E-state index in [0.29, 0.717) is 10.8 Å². The second kappa shape index (κ2) is 6.12. The number of hydrogen-bond acceptors (Lipinski definition) is 3. The number of rotatable bonds is 4. The molecule has 0 atom stereocenters. The number of carbonyl (C=O) groups is 1. The van der Waals surface area contributed by atoms with Gasteiger partial charge >= 0.3 is 0 Å². The molecular weight excluding hydrogens is 240 g/mol. The van der Waals surface area contributed by atoms with E-state index in [4.69, 9.17) is 21.6 Å². The highest BCUT2D eigenvalue weighted by molar-refractivity contribution is 6.31. The molecule has 0 aromatic heterocycles. The minimum Gasteiger partial charge on any atom is -0.482 e. The Labute approximate surface area is 105 Å². The summed E-state index contributed by atoms with van der Waals surface area (Å²) in [5.41, 5.74) is 0.242. The largest absolute Gasteiger partial charge is 0.482 e. The molecule has 0 saturated heterocycles. The number of hydrogen-bond donors (Lipinski definition) is 1. The van der Waals surface area contributed by atoms with Crippen molar-refractivity contribution < 1.29 is 9.53 Å². The quantitative estimate of drug-likeness (QED) is 0.893. The number of carbonyl (C=O) groups excluding carboxylic acids is 1. The van der Waals surface area contributed by atoms with Crippen LogP contribution in [0.1, 0.15) is 19.4 Å². The molecule has 0 radical (unpaired) electrons. The van der Waals surface area contributed by atoms with Crippen LogP contribution in [0.5, 0.6) is 5.75 Å². The Morgan fingerprint density at radius 1 is 1.59 bits per heavy atom. The first kappa shape index (κ1) is 13.3. The van der Waals surface area contributed by atoms with Crippen molar-refractivity contribution >= 4 is 17.5 Å². The fourth-order valence-corrected chi connectivity index (χ4v) is 1.45. The number of nitriles is 1. The third-order valence-corrected chi connectivity index (χ3v) is 2.21. The van der Waals surface area contributed by atoms with Crippen molar-refractivity contribution in [3.63, 3.8) is 0 Å². The number of nitrogens with one attached hydrogen (secondary N) is 1. The van der Waals surface area contributed by atoms with Crippen LogP contribution in [0.15, 0.2) is 18.2 Å². The van der Waals surface area contributed by atoms with Gasteiger partial charge in [-0.3, -0.25) is 4.79 Å². The van der Waals surface area contributed by atoms with Gasteiger partial charge in [0.05, 0.1) is 5.02 Å². The van der Waals surface area contributed by atoms with E-state index in [2.05, 4.69) is 5.32 Å². The number of nitrogens with zero attached hydrogens (tertiary/aromatic N) is 1. The molecule has 1 aromatic rings. The first-order valence-electron chi connectivity index (χ1n) is 5.15. The van der Waals surface area contributed by atoms with Crippen LogP contribution < -0.4 is 10.1 Å². The first-order valence-corrected chi connectivity index (χ1v) is 5.53. The summed E-state index contributed by atoms with van der Waals surface area (Å²) in [6.45, 7) is 3.59. The van der Waals surface area contributed by atoms with Gasteiger partial charge in [-0.05, 0) is 26.0 Å². The number of ether oxygens (including phenoxy) is 1. The second-order valence-corrected chi connectivity index (χ2v) is 4.14. The standard InChI is InChI=1S/C12H13ClN2O2/c1-8(2)15-12(16)7-17-11-5-3-4-10(13)9(11)6-14/h3-5,8H,7H2,1-2H3,(H,15,16). The van der Waals surface area contributed by atoms with Gasteiger partial charge in [-0.2, -0.15) is 5.26 Å². The fraction of sp³-hybridized carbons (Fsp3) is 0.333. The Morgan fingerprint density at radius 2 is 2.29 bits per heavy atom. The van der Waals surface area contributed by atoms with Crippen molar-refractivity contribution in [3.8, 4) is 11.8 Å². The summed E-state index contributed by atoms with van der Waals surface area (Å²) < 4.78 is 5.25. The maximum Gasteiger partial charge on any atom is 0.258 e. The van der Waals surface area contributed by atoms with E-state index in [1.165, 1.54) is 0 Å². The molecule has 1 amide bonds. The van der Waals surface area contributed by atoms with E-state index in [9.17, 15) is 4.79 Å². The SMILES string of the molecule is CC(C)NC(=O)COc1cccc(Cl)c1C#N. The number of halogens is 1. The topological polar surface area (TPSA) is 62.1 Å². The van der Waals surface area contributed by atoms with Crippen molar-refractivity contribution in [2.24, 2.45) is 0 Å². The molecule has 1 N–H and O–H groups in total. The minimum absolute atomic E-state index is 0.0564. The number of amides is 1. The highest BCUT2D eigenvalue weighted by Gasteiger charge is 2.09. The van der Waals surface area contributed by atoms with Gasteiger partial charge in [-0.1, -0.05) is 17.7 Å². The Morgan fingerprint density at radius 3 is 2.88 bits per heavy atom. The van der Waals surface area contributed by atoms with Crippen LogP contribution in [0.2, 0.25) is 5.02 Å². The smallest absolute Gasteiger partial charge is 0.258 e. The predicted molar refractivity (Wildman–Crippen MR) is 64.9 cm³/mol. The summed E-state index contributed by atoms with van der Waals surface area (Å²) in [4.78, 5) is 11.4. The predicted octanol–water partition coefficient (Wildman–Crippen LogP) is 2.12. The van der Waals surface area contributed by atoms with Crippen molar-refractivity contribution in [3.05, 3.63) is 28.8 Å². The van der Waals surface area contributed by atoms with E-state index in [1.54, 1.807) is 18.2 Å². The Bertz CT molecular complexity index is 452. The zero-order chi connectivity index (χ0) is 12.8. The molecule has 0 bridgehead atoms. The van der Waals surface area contributed by atoms with Crippen LogP contribution >= 0.6 is 11.6 Å². The summed E-state index contributed by atoms with van der Waals surface area (Å²) >= 11 is 5.83. The van der Waals surface area contributed by atoms with Crippen molar-refractivity contribution in [2.75, 3.05) is 6.61 Å². The maximum absolute atomic E-state index is 11.4. The summed E-state index contributed by atoms with van der Waals surface area (Å²) in [6, 6.07) is 6.86.